The Kier molecular flexibility index (Phi) is 8.65. The van der Waals surface area contributed by atoms with Crippen LogP contribution in [0.1, 0.15) is 57.8 Å². The largest absolute Gasteiger partial charge is 0.493 e. The molecule has 0 aromatic heterocycles. The van der Waals surface area contributed by atoms with Crippen molar-refractivity contribution in [2.24, 2.45) is 11.8 Å². The molecular weight excluding hydrogens is 516 g/mol. The van der Waals surface area contributed by atoms with Crippen molar-refractivity contribution in [2.45, 2.75) is 82.6 Å². The van der Waals surface area contributed by atoms with Gasteiger partial charge in [0.15, 0.2) is 12.6 Å². The van der Waals surface area contributed by atoms with Gasteiger partial charge in [-0.05, 0) is 62.4 Å². The van der Waals surface area contributed by atoms with E-state index in [4.69, 9.17) is 28.4 Å². The lowest BCUT2D eigenvalue weighted by Crippen LogP contribution is -2.34. The van der Waals surface area contributed by atoms with E-state index < -0.39 is 0 Å². The average Bonchev–Trinajstić information content (AvgIpc) is 3.38. The third kappa shape index (κ3) is 6.59. The highest BCUT2D eigenvalue weighted by molar-refractivity contribution is 9.10. The maximum atomic E-state index is 12.2. The van der Waals surface area contributed by atoms with Crippen molar-refractivity contribution in [1.82, 2.24) is 0 Å². The number of hydrogen-bond donors (Lipinski definition) is 0. The summed E-state index contributed by atoms with van der Waals surface area (Å²) >= 11 is 3.45. The molecule has 3 saturated heterocycles. The van der Waals surface area contributed by atoms with Crippen LogP contribution >= 0.6 is 15.9 Å². The Labute approximate surface area is 215 Å². The molecule has 0 spiro atoms. The van der Waals surface area contributed by atoms with E-state index in [1.54, 1.807) is 0 Å². The number of esters is 1. The second kappa shape index (κ2) is 12.1. The van der Waals surface area contributed by atoms with Crippen molar-refractivity contribution in [3.05, 3.63) is 40.6 Å². The molecule has 6 atom stereocenters. The minimum Gasteiger partial charge on any atom is -0.493 e. The molecular formula is C27H35BrO7. The smallest absolute Gasteiger partial charge is 0.306 e. The summed E-state index contributed by atoms with van der Waals surface area (Å²) < 4.78 is 37.4. The number of ether oxygens (including phenoxy) is 6. The molecule has 0 N–H and O–H groups in total. The fourth-order valence-electron chi connectivity index (χ4n) is 5.54. The summed E-state index contributed by atoms with van der Waals surface area (Å²) in [7, 11) is 0. The molecule has 5 rings (SSSR count). The van der Waals surface area contributed by atoms with E-state index in [1.807, 2.05) is 24.3 Å². The van der Waals surface area contributed by atoms with Crippen molar-refractivity contribution >= 4 is 21.9 Å². The minimum absolute atomic E-state index is 0.0401. The lowest BCUT2D eigenvalue weighted by molar-refractivity contribution is -0.201. The van der Waals surface area contributed by atoms with Crippen LogP contribution in [0, 0.1) is 11.8 Å². The zero-order valence-electron chi connectivity index (χ0n) is 20.1. The van der Waals surface area contributed by atoms with Gasteiger partial charge in [-0.15, -0.1) is 0 Å². The van der Waals surface area contributed by atoms with Crippen molar-refractivity contribution < 1.29 is 33.2 Å². The predicted octanol–water partition coefficient (Wildman–Crippen LogP) is 5.51. The van der Waals surface area contributed by atoms with E-state index in [9.17, 15) is 4.79 Å². The summed E-state index contributed by atoms with van der Waals surface area (Å²) in [4.78, 5) is 12.2. The zero-order chi connectivity index (χ0) is 24.0. The number of carbonyl (C=O) groups is 1. The van der Waals surface area contributed by atoms with E-state index in [2.05, 4.69) is 22.0 Å². The van der Waals surface area contributed by atoms with Gasteiger partial charge in [-0.25, -0.2) is 0 Å². The normalized spacial score (nSPS) is 33.3. The number of hydrogen-bond acceptors (Lipinski definition) is 7. The molecule has 0 amide bonds. The zero-order valence-corrected chi connectivity index (χ0v) is 21.7. The third-order valence-corrected chi connectivity index (χ3v) is 7.76. The highest BCUT2D eigenvalue weighted by Crippen LogP contribution is 2.47. The van der Waals surface area contributed by atoms with Gasteiger partial charge in [0.2, 0.25) is 0 Å². The first-order chi connectivity index (χ1) is 17.2. The second-order valence-electron chi connectivity index (χ2n) is 9.74. The van der Waals surface area contributed by atoms with Crippen LogP contribution in [0.2, 0.25) is 0 Å². The van der Waals surface area contributed by atoms with Crippen molar-refractivity contribution in [3.63, 3.8) is 0 Å². The van der Waals surface area contributed by atoms with Gasteiger partial charge in [-0.2, -0.15) is 0 Å². The maximum Gasteiger partial charge on any atom is 0.306 e. The first-order valence-corrected chi connectivity index (χ1v) is 13.8. The van der Waals surface area contributed by atoms with Crippen LogP contribution in [0.3, 0.4) is 0 Å². The monoisotopic (exact) mass is 550 g/mol. The molecule has 1 aromatic rings. The number of benzene rings is 1. The molecule has 7 nitrogen and oxygen atoms in total. The van der Waals surface area contributed by atoms with Gasteiger partial charge in [0.05, 0.1) is 25.7 Å². The Bertz CT molecular complexity index is 861. The standard InChI is InChI=1S/C27H35BrO7/c28-18-9-11-19(12-10-18)30-15-5-6-21(34-25-7-1-3-13-31-25)27-20-16-24(29)33-22(20)17-23(27)35-26-8-2-4-14-32-26/h6,9-12,20,22-23,25-27H,1-5,7-8,13-17H2/b21-6+/t20-,22?,23-,25?,26?,27-/m1/s1. The Hall–Kier alpha value is -1.61. The van der Waals surface area contributed by atoms with E-state index in [0.29, 0.717) is 32.5 Å². The quantitative estimate of drug-likeness (QED) is 0.228. The van der Waals surface area contributed by atoms with Crippen molar-refractivity contribution in [2.75, 3.05) is 19.8 Å². The Morgan fingerprint density at radius 2 is 1.77 bits per heavy atom. The van der Waals surface area contributed by atoms with Gasteiger partial charge >= 0.3 is 5.97 Å². The fraction of sp³-hybridized carbons (Fsp3) is 0.667. The van der Waals surface area contributed by atoms with Gasteiger partial charge in [0.25, 0.3) is 0 Å². The minimum atomic E-state index is -0.272. The van der Waals surface area contributed by atoms with Gasteiger partial charge in [0, 0.05) is 42.2 Å². The Morgan fingerprint density at radius 1 is 1.03 bits per heavy atom. The van der Waals surface area contributed by atoms with Crippen LogP contribution in [0.25, 0.3) is 0 Å². The SMILES string of the molecule is O=C1C[C@@H]2C(C[C@@H](OC3CCCCO3)[C@H]2/C(=C\CCOc2ccc(Br)cc2)OC2CCCCO2)O1. The highest BCUT2D eigenvalue weighted by Gasteiger charge is 2.53. The topological polar surface area (TPSA) is 72.5 Å². The first-order valence-electron chi connectivity index (χ1n) is 13.0. The Balaban J connectivity index is 1.31. The lowest BCUT2D eigenvalue weighted by Gasteiger charge is -2.33. The first kappa shape index (κ1) is 25.1. The third-order valence-electron chi connectivity index (χ3n) is 7.23. The lowest BCUT2D eigenvalue weighted by atomic mass is 9.89. The molecule has 1 aromatic carbocycles. The summed E-state index contributed by atoms with van der Waals surface area (Å²) in [6.45, 7) is 1.96. The van der Waals surface area contributed by atoms with Crippen LogP contribution in [-0.4, -0.2) is 50.6 Å². The summed E-state index contributed by atoms with van der Waals surface area (Å²) in [5.41, 5.74) is 0. The van der Waals surface area contributed by atoms with Crippen LogP contribution in [-0.2, 0) is 28.5 Å². The molecule has 0 bridgehead atoms. The van der Waals surface area contributed by atoms with Gasteiger partial charge in [-0.1, -0.05) is 15.9 Å². The van der Waals surface area contributed by atoms with Crippen LogP contribution in [0.4, 0.5) is 0 Å². The highest BCUT2D eigenvalue weighted by atomic mass is 79.9. The molecule has 1 aliphatic carbocycles. The van der Waals surface area contributed by atoms with E-state index >= 15 is 0 Å². The van der Waals surface area contributed by atoms with Gasteiger partial charge < -0.3 is 28.4 Å². The average molecular weight is 551 g/mol. The van der Waals surface area contributed by atoms with Crippen molar-refractivity contribution in [3.8, 4) is 5.75 Å². The number of rotatable bonds is 9. The maximum absolute atomic E-state index is 12.2. The molecule has 0 radical (unpaired) electrons. The number of halogens is 1. The molecule has 1 saturated carbocycles. The molecule has 3 aliphatic heterocycles. The molecule has 4 fully saturated rings. The molecule has 3 unspecified atom stereocenters. The summed E-state index contributed by atoms with van der Waals surface area (Å²) in [6, 6.07) is 7.81. The molecule has 192 valence electrons. The number of carbonyl (C=O) groups excluding carboxylic acids is 1. The van der Waals surface area contributed by atoms with E-state index in [0.717, 1.165) is 61.1 Å². The van der Waals surface area contributed by atoms with Crippen LogP contribution < -0.4 is 4.74 Å². The molecule has 3 heterocycles. The second-order valence-corrected chi connectivity index (χ2v) is 10.7. The van der Waals surface area contributed by atoms with E-state index in [1.165, 1.54) is 0 Å². The van der Waals surface area contributed by atoms with E-state index in [-0.39, 0.29) is 42.6 Å². The molecule has 35 heavy (non-hydrogen) atoms. The van der Waals surface area contributed by atoms with Crippen LogP contribution in [0.15, 0.2) is 40.6 Å². The fourth-order valence-corrected chi connectivity index (χ4v) is 5.80. The number of fused-ring (bicyclic) bond motifs is 1. The van der Waals surface area contributed by atoms with Gasteiger partial charge in [-0.3, -0.25) is 4.79 Å². The van der Waals surface area contributed by atoms with Gasteiger partial charge in [0.1, 0.15) is 17.6 Å². The van der Waals surface area contributed by atoms with Crippen LogP contribution in [0.5, 0.6) is 5.75 Å². The summed E-state index contributed by atoms with van der Waals surface area (Å²) in [5.74, 6) is 1.49. The molecule has 8 heteroatoms. The van der Waals surface area contributed by atoms with Crippen molar-refractivity contribution in [1.29, 1.82) is 0 Å². The summed E-state index contributed by atoms with van der Waals surface area (Å²) in [5, 5.41) is 0. The molecule has 4 aliphatic rings. The summed E-state index contributed by atoms with van der Waals surface area (Å²) in [6.07, 6.45) is 9.16. The predicted molar refractivity (Wildman–Crippen MR) is 132 cm³/mol. The Morgan fingerprint density at radius 3 is 2.49 bits per heavy atom.